The lowest BCUT2D eigenvalue weighted by Crippen LogP contribution is -2.31. The Morgan fingerprint density at radius 3 is 0.776 bits per heavy atom. The molecule has 2 aromatic heterocycles. The molecule has 0 amide bonds. The molecule has 282 valence electrons. The van der Waals surface area contributed by atoms with E-state index in [0.29, 0.717) is 52.9 Å². The quantitative estimate of drug-likeness (QED) is 0.220. The molecule has 58 heavy (non-hydrogen) atoms. The largest absolute Gasteiger partial charge is 0.494 e. The smallest absolute Gasteiger partial charge is 0.405 e. The van der Waals surface area contributed by atoms with Gasteiger partial charge in [0.25, 0.3) is 0 Å². The normalized spacial score (nSPS) is 17.4. The number of fused-ring (bicyclic) bond motifs is 6. The van der Waals surface area contributed by atoms with Crippen molar-refractivity contribution in [2.75, 3.05) is 52.9 Å². The summed E-state index contributed by atoms with van der Waals surface area (Å²) in [4.78, 5) is 0. The van der Waals surface area contributed by atoms with E-state index in [-0.39, 0.29) is 28.5 Å². The molecule has 4 aliphatic rings. The maximum absolute atomic E-state index is 5.87. The lowest BCUT2D eigenvalue weighted by atomic mass is 9.77. The molecule has 4 aliphatic heterocycles. The van der Waals surface area contributed by atoms with E-state index >= 15 is 0 Å². The van der Waals surface area contributed by atoms with Gasteiger partial charge in [-0.15, -0.1) is 0 Å². The first-order valence-corrected chi connectivity index (χ1v) is 20.0. The highest BCUT2D eigenvalue weighted by atomic mass is 16.6. The number of hydrogen-bond acceptors (Lipinski definition) is 8. The molecule has 0 unspecified atom stereocenters. The Kier molecular flexibility index (Phi) is 8.59. The van der Waals surface area contributed by atoms with E-state index in [1.807, 2.05) is 0 Å². The molecule has 4 fully saturated rings. The maximum Gasteiger partial charge on any atom is 0.494 e. The van der Waals surface area contributed by atoms with Crippen LogP contribution in [0.5, 0.6) is 0 Å². The third kappa shape index (κ3) is 5.86. The molecule has 0 aliphatic carbocycles. The number of rotatable bonds is 7. The van der Waals surface area contributed by atoms with Crippen LogP contribution in [0.4, 0.5) is 0 Å². The minimum atomic E-state index is -0.354. The van der Waals surface area contributed by atoms with Crippen molar-refractivity contribution in [2.45, 2.75) is 0 Å². The molecule has 0 spiro atoms. The van der Waals surface area contributed by atoms with Crippen LogP contribution in [0.1, 0.15) is 0 Å². The summed E-state index contributed by atoms with van der Waals surface area (Å²) < 4.78 is 51.6. The van der Waals surface area contributed by atoms with Gasteiger partial charge in [0, 0.05) is 32.9 Å². The third-order valence-corrected chi connectivity index (χ3v) is 11.8. The first kappa shape index (κ1) is 34.9. The molecule has 4 saturated heterocycles. The fourth-order valence-corrected chi connectivity index (χ4v) is 9.07. The highest BCUT2D eigenvalue weighted by molar-refractivity contribution is 6.64. The van der Waals surface area contributed by atoms with Crippen molar-refractivity contribution < 1.29 is 37.2 Å². The summed E-state index contributed by atoms with van der Waals surface area (Å²) in [5, 5.41) is 4.51. The molecule has 0 radical (unpaired) electrons. The monoisotopic (exact) mass is 764 g/mol. The van der Waals surface area contributed by atoms with Crippen LogP contribution in [0.3, 0.4) is 0 Å². The summed E-state index contributed by atoms with van der Waals surface area (Å²) in [6, 6.07) is 43.6. The first-order chi connectivity index (χ1) is 28.7. The number of nitrogens with zero attached hydrogens (tertiary/aromatic N) is 2. The fraction of sp³-hybridized carbons (Fsp3) is 0.182. The molecule has 0 saturated carbocycles. The van der Waals surface area contributed by atoms with E-state index in [1.165, 1.54) is 0 Å². The highest BCUT2D eigenvalue weighted by Crippen LogP contribution is 2.35. The van der Waals surface area contributed by atoms with Crippen LogP contribution in [0, 0.1) is 0 Å². The van der Waals surface area contributed by atoms with Gasteiger partial charge in [-0.3, -0.25) is 0 Å². The van der Waals surface area contributed by atoms with E-state index < -0.39 is 0 Å². The second-order valence-corrected chi connectivity index (χ2v) is 15.2. The van der Waals surface area contributed by atoms with Crippen LogP contribution < -0.4 is 21.9 Å². The van der Waals surface area contributed by atoms with Crippen molar-refractivity contribution in [1.29, 1.82) is 0 Å². The molecule has 0 N–H and O–H groups in total. The summed E-state index contributed by atoms with van der Waals surface area (Å²) in [5.41, 5.74) is 12.9. The van der Waals surface area contributed by atoms with Crippen molar-refractivity contribution in [1.82, 2.24) is 9.13 Å². The van der Waals surface area contributed by atoms with Crippen LogP contribution in [-0.2, 0) is 37.2 Å². The zero-order valence-electron chi connectivity index (χ0n) is 31.7. The lowest BCUT2D eigenvalue weighted by molar-refractivity contribution is 0.365. The molecule has 10 nitrogen and oxygen atoms in total. The summed E-state index contributed by atoms with van der Waals surface area (Å²) in [7, 11) is -1.42. The van der Waals surface area contributed by atoms with Crippen molar-refractivity contribution in [3.63, 3.8) is 0 Å². The zero-order valence-corrected chi connectivity index (χ0v) is 31.7. The van der Waals surface area contributed by atoms with E-state index in [0.717, 1.165) is 88.0 Å². The molecule has 6 heterocycles. The van der Waals surface area contributed by atoms with Gasteiger partial charge in [-0.2, -0.15) is 0 Å². The average molecular weight is 764 g/mol. The molecule has 12 rings (SSSR count). The zero-order chi connectivity index (χ0) is 38.2. The summed E-state index contributed by atoms with van der Waals surface area (Å²) >= 11 is 0. The van der Waals surface area contributed by atoms with Crippen LogP contribution in [-0.4, -0.2) is 90.5 Å². The van der Waals surface area contributed by atoms with Crippen molar-refractivity contribution >= 4 is 93.9 Å². The maximum atomic E-state index is 5.87. The summed E-state index contributed by atoms with van der Waals surface area (Å²) in [5.74, 6) is 0. The standard InChI is InChI=1S/C44H36B4N2O8/c1-9-35(49-41-13-5-31(45-51-17-18-52-45)25-37(41)38-26-32(6-14-42(38)49)46-53-19-20-54-46)10-2-29(1)30-3-11-36(12-4-30)50-43-15-7-33(47-55-21-22-56-47)27-39(43)40-28-34(8-16-44(40)50)48-57-23-24-58-48/h1-16,25-28H,17-24H2. The van der Waals surface area contributed by atoms with Crippen molar-refractivity contribution in [3.05, 3.63) is 121 Å². The van der Waals surface area contributed by atoms with Gasteiger partial charge in [-0.05, 0) is 81.5 Å². The van der Waals surface area contributed by atoms with Crippen LogP contribution >= 0.6 is 0 Å². The van der Waals surface area contributed by atoms with Gasteiger partial charge in [-0.1, -0.05) is 72.8 Å². The van der Waals surface area contributed by atoms with Gasteiger partial charge in [0.15, 0.2) is 0 Å². The van der Waals surface area contributed by atoms with E-state index in [1.54, 1.807) is 0 Å². The van der Waals surface area contributed by atoms with Crippen molar-refractivity contribution in [3.8, 4) is 22.5 Å². The summed E-state index contributed by atoms with van der Waals surface area (Å²) in [6.07, 6.45) is 0. The number of benzene rings is 6. The van der Waals surface area contributed by atoms with E-state index in [4.69, 9.17) is 37.2 Å². The summed E-state index contributed by atoms with van der Waals surface area (Å²) in [6.45, 7) is 4.79. The molecular weight excluding hydrogens is 728 g/mol. The second-order valence-electron chi connectivity index (χ2n) is 15.2. The number of hydrogen-bond donors (Lipinski definition) is 0. The van der Waals surface area contributed by atoms with Crippen LogP contribution in [0.15, 0.2) is 121 Å². The topological polar surface area (TPSA) is 83.7 Å². The van der Waals surface area contributed by atoms with Crippen molar-refractivity contribution in [2.24, 2.45) is 0 Å². The van der Waals surface area contributed by atoms with Crippen LogP contribution in [0.2, 0.25) is 0 Å². The molecule has 6 aromatic carbocycles. The predicted molar refractivity (Wildman–Crippen MR) is 230 cm³/mol. The lowest BCUT2D eigenvalue weighted by Gasteiger charge is -2.12. The molecule has 8 aromatic rings. The Bertz CT molecular complexity index is 2500. The van der Waals surface area contributed by atoms with Gasteiger partial charge >= 0.3 is 28.5 Å². The second kappa shape index (κ2) is 14.3. The third-order valence-electron chi connectivity index (χ3n) is 11.8. The van der Waals surface area contributed by atoms with Gasteiger partial charge < -0.3 is 46.4 Å². The first-order valence-electron chi connectivity index (χ1n) is 20.0. The van der Waals surface area contributed by atoms with Gasteiger partial charge in [0.1, 0.15) is 0 Å². The Labute approximate surface area is 336 Å². The Morgan fingerprint density at radius 2 is 0.534 bits per heavy atom. The van der Waals surface area contributed by atoms with Gasteiger partial charge in [0.05, 0.1) is 74.9 Å². The van der Waals surface area contributed by atoms with E-state index in [9.17, 15) is 0 Å². The average Bonchev–Trinajstić information content (AvgIpc) is 4.14. The Balaban J connectivity index is 0.903. The number of aromatic nitrogens is 2. The van der Waals surface area contributed by atoms with Gasteiger partial charge in [-0.25, -0.2) is 0 Å². The Hall–Kier alpha value is -5.14. The fourth-order valence-electron chi connectivity index (χ4n) is 9.07. The predicted octanol–water partition coefficient (Wildman–Crippen LogP) is 4.52. The minimum absolute atomic E-state index is 0.354. The minimum Gasteiger partial charge on any atom is -0.405 e. The highest BCUT2D eigenvalue weighted by Gasteiger charge is 2.31. The Morgan fingerprint density at radius 1 is 0.293 bits per heavy atom. The molecule has 0 bridgehead atoms. The molecule has 0 atom stereocenters. The van der Waals surface area contributed by atoms with Gasteiger partial charge in [0.2, 0.25) is 0 Å². The molecular formula is C44H36B4N2O8. The van der Waals surface area contributed by atoms with E-state index in [2.05, 4.69) is 130 Å². The molecule has 14 heteroatoms. The van der Waals surface area contributed by atoms with Crippen LogP contribution in [0.25, 0.3) is 66.1 Å². The SMILES string of the molecule is c1cc2c(cc1B1OCCO1)c1cc(B3OCCO3)ccc1n2-c1ccc(-c2ccc(-n3c4ccc(B5OCCO5)cc4c4cc(B5OCCO5)ccc43)cc2)cc1.